The maximum absolute atomic E-state index is 3.50. The van der Waals surface area contributed by atoms with E-state index in [0.29, 0.717) is 5.41 Å². The molecule has 1 nitrogen and oxygen atoms in total. The third-order valence-electron chi connectivity index (χ3n) is 2.80. The summed E-state index contributed by atoms with van der Waals surface area (Å²) >= 11 is 3.44. The summed E-state index contributed by atoms with van der Waals surface area (Å²) in [5.74, 6) is 0. The van der Waals surface area contributed by atoms with Crippen LogP contribution in [0.5, 0.6) is 0 Å². The van der Waals surface area contributed by atoms with Crippen LogP contribution in [-0.4, -0.2) is 6.54 Å². The molecule has 0 aliphatic carbocycles. The third kappa shape index (κ3) is 4.80. The van der Waals surface area contributed by atoms with Crippen molar-refractivity contribution in [2.45, 2.75) is 33.7 Å². The van der Waals surface area contributed by atoms with Crippen LogP contribution in [0.1, 0.15) is 32.8 Å². The third-order valence-corrected chi connectivity index (χ3v) is 3.33. The van der Waals surface area contributed by atoms with E-state index in [1.54, 1.807) is 0 Å². The molecule has 0 bridgehead atoms. The van der Waals surface area contributed by atoms with Gasteiger partial charge in [-0.05, 0) is 29.5 Å². The topological polar surface area (TPSA) is 12.0 Å². The Balaban J connectivity index is 2.35. The molecule has 84 valence electrons. The van der Waals surface area contributed by atoms with Crippen LogP contribution in [-0.2, 0) is 6.54 Å². The van der Waals surface area contributed by atoms with E-state index in [1.807, 2.05) is 0 Å². The largest absolute Gasteiger partial charge is 0.312 e. The highest BCUT2D eigenvalue weighted by atomic mass is 79.9. The number of nitrogens with one attached hydrogen (secondary N) is 1. The van der Waals surface area contributed by atoms with Crippen molar-refractivity contribution in [2.75, 3.05) is 6.54 Å². The molecule has 0 radical (unpaired) electrons. The monoisotopic (exact) mass is 269 g/mol. The molecule has 0 aromatic heterocycles. The SMILES string of the molecule is CCC(C)(C)CNCc1ccc(Br)cc1. The molecule has 0 spiro atoms. The zero-order valence-electron chi connectivity index (χ0n) is 9.81. The molecule has 0 amide bonds. The molecule has 0 unspecified atom stereocenters. The number of rotatable bonds is 5. The van der Waals surface area contributed by atoms with Crippen LogP contribution in [0.15, 0.2) is 28.7 Å². The molecule has 0 atom stereocenters. The molecule has 1 aromatic carbocycles. The van der Waals surface area contributed by atoms with Gasteiger partial charge in [0.05, 0.1) is 0 Å². The standard InChI is InChI=1S/C13H20BrN/c1-4-13(2,3)10-15-9-11-5-7-12(14)8-6-11/h5-8,15H,4,9-10H2,1-3H3. The fourth-order valence-electron chi connectivity index (χ4n) is 1.27. The van der Waals surface area contributed by atoms with Crippen molar-refractivity contribution in [2.24, 2.45) is 5.41 Å². The summed E-state index contributed by atoms with van der Waals surface area (Å²) in [5, 5.41) is 3.50. The van der Waals surface area contributed by atoms with E-state index in [0.717, 1.165) is 17.6 Å². The van der Waals surface area contributed by atoms with Crippen molar-refractivity contribution >= 4 is 15.9 Å². The Hall–Kier alpha value is -0.340. The molecular weight excluding hydrogens is 250 g/mol. The van der Waals surface area contributed by atoms with Gasteiger partial charge in [-0.25, -0.2) is 0 Å². The molecule has 0 aliphatic heterocycles. The summed E-state index contributed by atoms with van der Waals surface area (Å²) < 4.78 is 1.14. The van der Waals surface area contributed by atoms with Crippen molar-refractivity contribution in [3.05, 3.63) is 34.3 Å². The molecule has 15 heavy (non-hydrogen) atoms. The van der Waals surface area contributed by atoms with Gasteiger partial charge >= 0.3 is 0 Å². The van der Waals surface area contributed by atoms with Gasteiger partial charge in [-0.2, -0.15) is 0 Å². The van der Waals surface area contributed by atoms with Crippen LogP contribution in [0, 0.1) is 5.41 Å². The van der Waals surface area contributed by atoms with Crippen molar-refractivity contribution in [1.82, 2.24) is 5.32 Å². The summed E-state index contributed by atoms with van der Waals surface area (Å²) in [6, 6.07) is 8.47. The van der Waals surface area contributed by atoms with E-state index < -0.39 is 0 Å². The van der Waals surface area contributed by atoms with Crippen LogP contribution >= 0.6 is 15.9 Å². The minimum atomic E-state index is 0.398. The average molecular weight is 270 g/mol. The van der Waals surface area contributed by atoms with E-state index in [2.05, 4.69) is 66.3 Å². The van der Waals surface area contributed by atoms with Crippen LogP contribution in [0.25, 0.3) is 0 Å². The summed E-state index contributed by atoms with van der Waals surface area (Å²) in [6.45, 7) is 8.85. The molecule has 0 saturated heterocycles. The summed E-state index contributed by atoms with van der Waals surface area (Å²) in [5.41, 5.74) is 1.74. The van der Waals surface area contributed by atoms with Crippen molar-refractivity contribution in [3.8, 4) is 0 Å². The second kappa shape index (κ2) is 5.66. The van der Waals surface area contributed by atoms with Gasteiger partial charge in [0.2, 0.25) is 0 Å². The highest BCUT2D eigenvalue weighted by Gasteiger charge is 2.13. The van der Waals surface area contributed by atoms with E-state index >= 15 is 0 Å². The van der Waals surface area contributed by atoms with Gasteiger partial charge in [-0.15, -0.1) is 0 Å². The predicted molar refractivity (Wildman–Crippen MR) is 69.9 cm³/mol. The van der Waals surface area contributed by atoms with E-state index in [4.69, 9.17) is 0 Å². The lowest BCUT2D eigenvalue weighted by Gasteiger charge is -2.22. The molecule has 0 heterocycles. The molecule has 1 aromatic rings. The van der Waals surface area contributed by atoms with Crippen LogP contribution < -0.4 is 5.32 Å². The van der Waals surface area contributed by atoms with Gasteiger partial charge in [0.15, 0.2) is 0 Å². The first-order valence-electron chi connectivity index (χ1n) is 5.49. The molecule has 1 rings (SSSR count). The maximum Gasteiger partial charge on any atom is 0.0205 e. The van der Waals surface area contributed by atoms with Crippen molar-refractivity contribution in [3.63, 3.8) is 0 Å². The van der Waals surface area contributed by atoms with E-state index in [1.165, 1.54) is 12.0 Å². The smallest absolute Gasteiger partial charge is 0.0205 e. The Morgan fingerprint density at radius 2 is 1.80 bits per heavy atom. The number of hydrogen-bond donors (Lipinski definition) is 1. The number of hydrogen-bond acceptors (Lipinski definition) is 1. The second-order valence-corrected chi connectivity index (χ2v) is 5.66. The Kier molecular flexibility index (Phi) is 4.81. The normalized spacial score (nSPS) is 11.7. The quantitative estimate of drug-likeness (QED) is 0.853. The predicted octanol–water partition coefficient (Wildman–Crippen LogP) is 3.97. The van der Waals surface area contributed by atoms with Gasteiger partial charge < -0.3 is 5.32 Å². The number of halogens is 1. The van der Waals surface area contributed by atoms with Gasteiger partial charge in [-0.3, -0.25) is 0 Å². The van der Waals surface area contributed by atoms with Crippen LogP contribution in [0.3, 0.4) is 0 Å². The molecule has 2 heteroatoms. The zero-order valence-corrected chi connectivity index (χ0v) is 11.4. The minimum Gasteiger partial charge on any atom is -0.312 e. The fraction of sp³-hybridized carbons (Fsp3) is 0.538. The summed E-state index contributed by atoms with van der Waals surface area (Å²) in [4.78, 5) is 0. The highest BCUT2D eigenvalue weighted by molar-refractivity contribution is 9.10. The Bertz CT molecular complexity index is 290. The Labute approximate surface area is 101 Å². The van der Waals surface area contributed by atoms with Gasteiger partial charge in [0.25, 0.3) is 0 Å². The molecule has 0 saturated carbocycles. The van der Waals surface area contributed by atoms with E-state index in [-0.39, 0.29) is 0 Å². The fourth-order valence-corrected chi connectivity index (χ4v) is 1.54. The van der Waals surface area contributed by atoms with Gasteiger partial charge in [-0.1, -0.05) is 48.8 Å². The lowest BCUT2D eigenvalue weighted by Crippen LogP contribution is -2.28. The first kappa shape index (κ1) is 12.7. The summed E-state index contributed by atoms with van der Waals surface area (Å²) in [6.07, 6.45) is 1.21. The molecule has 0 fully saturated rings. The average Bonchev–Trinajstić information content (AvgIpc) is 2.21. The Morgan fingerprint density at radius 3 is 2.33 bits per heavy atom. The first-order chi connectivity index (χ1) is 7.03. The van der Waals surface area contributed by atoms with Crippen LogP contribution in [0.2, 0.25) is 0 Å². The minimum absolute atomic E-state index is 0.398. The first-order valence-corrected chi connectivity index (χ1v) is 6.28. The number of benzene rings is 1. The van der Waals surface area contributed by atoms with Crippen molar-refractivity contribution < 1.29 is 0 Å². The molecule has 1 N–H and O–H groups in total. The lowest BCUT2D eigenvalue weighted by atomic mass is 9.90. The summed E-state index contributed by atoms with van der Waals surface area (Å²) in [7, 11) is 0. The highest BCUT2D eigenvalue weighted by Crippen LogP contribution is 2.18. The molecule has 0 aliphatic rings. The molecular formula is C13H20BrN. The van der Waals surface area contributed by atoms with E-state index in [9.17, 15) is 0 Å². The Morgan fingerprint density at radius 1 is 1.20 bits per heavy atom. The zero-order chi connectivity index (χ0) is 11.3. The second-order valence-electron chi connectivity index (χ2n) is 4.75. The van der Waals surface area contributed by atoms with Gasteiger partial charge in [0, 0.05) is 17.6 Å². The van der Waals surface area contributed by atoms with Crippen LogP contribution in [0.4, 0.5) is 0 Å². The maximum atomic E-state index is 3.50. The van der Waals surface area contributed by atoms with Crippen molar-refractivity contribution in [1.29, 1.82) is 0 Å². The van der Waals surface area contributed by atoms with Gasteiger partial charge in [0.1, 0.15) is 0 Å². The lowest BCUT2D eigenvalue weighted by molar-refractivity contribution is 0.327.